The van der Waals surface area contributed by atoms with Crippen LogP contribution in [0, 0.1) is 0 Å². The minimum atomic E-state index is -1.07. The first-order valence-electron chi connectivity index (χ1n) is 4.90. The van der Waals surface area contributed by atoms with Gasteiger partial charge in [-0.15, -0.1) is 0 Å². The zero-order valence-electron chi connectivity index (χ0n) is 9.38. The van der Waals surface area contributed by atoms with E-state index in [0.29, 0.717) is 23.9 Å². The largest absolute Gasteiger partial charge is 0.337 e. The van der Waals surface area contributed by atoms with Crippen molar-refractivity contribution in [1.29, 1.82) is 0 Å². The van der Waals surface area contributed by atoms with Crippen LogP contribution in [0.2, 0.25) is 0 Å². The normalized spacial score (nSPS) is 11.8. The maximum atomic E-state index is 11.6. The summed E-state index contributed by atoms with van der Waals surface area (Å²) in [7, 11) is -1.07. The van der Waals surface area contributed by atoms with E-state index in [0.717, 1.165) is 0 Å². The molecule has 0 fully saturated rings. The fraction of sp³-hybridized carbons (Fsp3) is 0.444. The molecule has 0 aliphatic carbocycles. The van der Waals surface area contributed by atoms with Crippen molar-refractivity contribution in [3.63, 3.8) is 0 Å². The average molecular weight is 274 g/mol. The lowest BCUT2D eigenvalue weighted by Gasteiger charge is -2.04. The van der Waals surface area contributed by atoms with Gasteiger partial charge in [0.15, 0.2) is 0 Å². The van der Waals surface area contributed by atoms with E-state index in [1.165, 1.54) is 11.9 Å². The second-order valence-corrected chi connectivity index (χ2v) is 5.20. The molecular formula is C9H14N4O2S2. The molecule has 17 heavy (non-hydrogen) atoms. The van der Waals surface area contributed by atoms with Gasteiger partial charge in [-0.25, -0.2) is 14.8 Å². The van der Waals surface area contributed by atoms with E-state index in [1.54, 1.807) is 24.7 Å². The first kappa shape index (κ1) is 13.9. The van der Waals surface area contributed by atoms with Crippen molar-refractivity contribution in [3.05, 3.63) is 24.3 Å². The molecule has 0 spiro atoms. The summed E-state index contributed by atoms with van der Waals surface area (Å²) in [6.45, 7) is 0.367. The summed E-state index contributed by atoms with van der Waals surface area (Å²) in [4.78, 5) is 19.0. The summed E-state index contributed by atoms with van der Waals surface area (Å²) in [5.74, 6) is 1.26. The molecule has 6 nitrogen and oxygen atoms in total. The summed E-state index contributed by atoms with van der Waals surface area (Å²) >= 11 is 1.21. The number of nitrogens with zero attached hydrogens (tertiary/aromatic N) is 2. The molecule has 0 saturated carbocycles. The molecule has 1 aromatic rings. The van der Waals surface area contributed by atoms with Crippen molar-refractivity contribution in [2.45, 2.75) is 5.75 Å². The molecule has 1 aromatic heterocycles. The number of carbonyl (C=O) groups excluding carboxylic acids is 1. The van der Waals surface area contributed by atoms with Gasteiger partial charge in [-0.05, 0) is 6.07 Å². The van der Waals surface area contributed by atoms with E-state index in [2.05, 4.69) is 20.0 Å². The summed E-state index contributed by atoms with van der Waals surface area (Å²) in [6, 6.07) is 1.44. The van der Waals surface area contributed by atoms with Crippen LogP contribution in [0.15, 0.2) is 18.5 Å². The summed E-state index contributed by atoms with van der Waals surface area (Å²) < 4.78 is 14.1. The van der Waals surface area contributed by atoms with Crippen LogP contribution in [-0.2, 0) is 16.6 Å². The lowest BCUT2D eigenvalue weighted by molar-refractivity contribution is 0.247. The van der Waals surface area contributed by atoms with E-state index in [9.17, 15) is 9.00 Å². The second kappa shape index (κ2) is 8.02. The Hall–Kier alpha value is -1.15. The van der Waals surface area contributed by atoms with Gasteiger partial charge in [0.2, 0.25) is 0 Å². The Labute approximate surface area is 107 Å². The SMILES string of the molecule is CSNC(=O)NCCS(=O)Cc1ncccn1. The van der Waals surface area contributed by atoms with Crippen LogP contribution in [0.25, 0.3) is 0 Å². The maximum Gasteiger partial charge on any atom is 0.324 e. The van der Waals surface area contributed by atoms with Crippen LogP contribution in [0.4, 0.5) is 4.79 Å². The predicted molar refractivity (Wildman–Crippen MR) is 68.8 cm³/mol. The van der Waals surface area contributed by atoms with E-state index < -0.39 is 10.8 Å². The summed E-state index contributed by atoms with van der Waals surface area (Å²) in [5.41, 5.74) is 0. The molecule has 2 amide bonds. The Morgan fingerprint density at radius 3 is 2.82 bits per heavy atom. The molecule has 0 aliphatic rings. The molecule has 8 heteroatoms. The molecule has 1 atom stereocenters. The Morgan fingerprint density at radius 1 is 1.47 bits per heavy atom. The maximum absolute atomic E-state index is 11.6. The van der Waals surface area contributed by atoms with Crippen LogP contribution in [0.5, 0.6) is 0 Å². The molecule has 0 aromatic carbocycles. The smallest absolute Gasteiger partial charge is 0.324 e. The quantitative estimate of drug-likeness (QED) is 0.729. The van der Waals surface area contributed by atoms with Gasteiger partial charge in [0.1, 0.15) is 5.82 Å². The number of rotatable bonds is 6. The molecular weight excluding hydrogens is 260 g/mol. The van der Waals surface area contributed by atoms with Crippen LogP contribution in [-0.4, -0.2) is 38.8 Å². The monoisotopic (exact) mass is 274 g/mol. The topological polar surface area (TPSA) is 84.0 Å². The van der Waals surface area contributed by atoms with Gasteiger partial charge in [-0.1, -0.05) is 11.9 Å². The third-order valence-corrected chi connectivity index (χ3v) is 3.35. The number of urea groups is 1. The molecule has 0 aliphatic heterocycles. The molecule has 0 radical (unpaired) electrons. The number of carbonyl (C=O) groups is 1. The summed E-state index contributed by atoms with van der Waals surface area (Å²) in [6.07, 6.45) is 4.98. The fourth-order valence-corrected chi connectivity index (χ4v) is 2.20. The van der Waals surface area contributed by atoms with Crippen molar-refractivity contribution in [1.82, 2.24) is 20.0 Å². The summed E-state index contributed by atoms with van der Waals surface area (Å²) in [5, 5.41) is 2.60. The molecule has 1 heterocycles. The fourth-order valence-electron chi connectivity index (χ4n) is 1.03. The van der Waals surface area contributed by atoms with Crippen molar-refractivity contribution < 1.29 is 9.00 Å². The number of amides is 2. The molecule has 2 N–H and O–H groups in total. The van der Waals surface area contributed by atoms with Gasteiger partial charge in [-0.2, -0.15) is 0 Å². The molecule has 1 rings (SSSR count). The second-order valence-electron chi connectivity index (χ2n) is 3.02. The highest BCUT2D eigenvalue weighted by Crippen LogP contribution is 1.94. The van der Waals surface area contributed by atoms with Gasteiger partial charge in [0, 0.05) is 41.7 Å². The number of hydrogen-bond acceptors (Lipinski definition) is 5. The van der Waals surface area contributed by atoms with Gasteiger partial charge in [-0.3, -0.25) is 8.93 Å². The highest BCUT2D eigenvalue weighted by Gasteiger charge is 2.04. The molecule has 94 valence electrons. The van der Waals surface area contributed by atoms with Crippen molar-refractivity contribution in [2.75, 3.05) is 18.6 Å². The number of aromatic nitrogens is 2. The zero-order valence-corrected chi connectivity index (χ0v) is 11.0. The molecule has 0 bridgehead atoms. The first-order valence-corrected chi connectivity index (χ1v) is 7.61. The van der Waals surface area contributed by atoms with Crippen LogP contribution in [0.1, 0.15) is 5.82 Å². The van der Waals surface area contributed by atoms with E-state index >= 15 is 0 Å². The van der Waals surface area contributed by atoms with E-state index in [-0.39, 0.29) is 6.03 Å². The standard InChI is InChI=1S/C9H14N4O2S2/c1-16-13-9(14)12-5-6-17(15)7-8-10-3-2-4-11-8/h2-4H,5-7H2,1H3,(H2,12,13,14). The number of hydrogen-bond donors (Lipinski definition) is 2. The van der Waals surface area contributed by atoms with Gasteiger partial charge < -0.3 is 5.32 Å². The van der Waals surface area contributed by atoms with Gasteiger partial charge in [0.05, 0.1) is 5.75 Å². The Kier molecular flexibility index (Phi) is 6.56. The third-order valence-electron chi connectivity index (χ3n) is 1.72. The third kappa shape index (κ3) is 6.22. The van der Waals surface area contributed by atoms with Crippen LogP contribution < -0.4 is 10.0 Å². The molecule has 0 saturated heterocycles. The predicted octanol–water partition coefficient (Wildman–Crippen LogP) is 0.302. The van der Waals surface area contributed by atoms with Crippen LogP contribution in [0.3, 0.4) is 0 Å². The minimum Gasteiger partial charge on any atom is -0.337 e. The van der Waals surface area contributed by atoms with Crippen LogP contribution >= 0.6 is 11.9 Å². The Morgan fingerprint density at radius 2 is 2.18 bits per heavy atom. The van der Waals surface area contributed by atoms with Crippen molar-refractivity contribution in [2.24, 2.45) is 0 Å². The average Bonchev–Trinajstić information content (AvgIpc) is 2.30. The zero-order chi connectivity index (χ0) is 12.5. The lowest BCUT2D eigenvalue weighted by atomic mass is 10.6. The Bertz CT molecular complexity index is 375. The minimum absolute atomic E-state index is 0.273. The van der Waals surface area contributed by atoms with Gasteiger partial charge in [0.25, 0.3) is 0 Å². The lowest BCUT2D eigenvalue weighted by Crippen LogP contribution is -2.34. The van der Waals surface area contributed by atoms with E-state index in [1.807, 2.05) is 0 Å². The van der Waals surface area contributed by atoms with Crippen molar-refractivity contribution >= 4 is 28.8 Å². The van der Waals surface area contributed by atoms with Crippen molar-refractivity contribution in [3.8, 4) is 0 Å². The highest BCUT2D eigenvalue weighted by atomic mass is 32.2. The highest BCUT2D eigenvalue weighted by molar-refractivity contribution is 7.97. The Balaban J connectivity index is 2.20. The number of nitrogens with one attached hydrogen (secondary N) is 2. The first-order chi connectivity index (χ1) is 8.22. The molecule has 1 unspecified atom stereocenters. The van der Waals surface area contributed by atoms with Gasteiger partial charge >= 0.3 is 6.03 Å². The van der Waals surface area contributed by atoms with E-state index in [4.69, 9.17) is 0 Å².